The van der Waals surface area contributed by atoms with Crippen molar-refractivity contribution in [1.82, 2.24) is 0 Å². The minimum Gasteiger partial charge on any atom is -0.462 e. The molecule has 3 fully saturated rings. The number of carbonyl (C=O) groups is 2. The molecular weight excluding hydrogens is 348 g/mol. The molecule has 3 nitrogen and oxygen atoms in total. The molecule has 4 rings (SSSR count). The molecule has 3 saturated carbocycles. The van der Waals surface area contributed by atoms with Gasteiger partial charge in [-0.05, 0) is 86.9 Å². The summed E-state index contributed by atoms with van der Waals surface area (Å²) in [4.78, 5) is 24.0. The number of esters is 1. The lowest BCUT2D eigenvalue weighted by Gasteiger charge is -2.59. The monoisotopic (exact) mass is 386 g/mol. The fourth-order valence-electron chi connectivity index (χ4n) is 8.65. The minimum atomic E-state index is -0.149. The second-order valence-corrected chi connectivity index (χ2v) is 11.1. The summed E-state index contributed by atoms with van der Waals surface area (Å²) in [5.74, 6) is 3.14. The van der Waals surface area contributed by atoms with Gasteiger partial charge in [-0.2, -0.15) is 0 Å². The zero-order valence-corrected chi connectivity index (χ0v) is 18.6. The van der Waals surface area contributed by atoms with Crippen molar-refractivity contribution in [3.63, 3.8) is 0 Å². The van der Waals surface area contributed by atoms with Crippen LogP contribution >= 0.6 is 0 Å². The first-order chi connectivity index (χ1) is 13.1. The van der Waals surface area contributed by atoms with E-state index in [-0.39, 0.29) is 28.8 Å². The summed E-state index contributed by atoms with van der Waals surface area (Å²) in [5, 5.41) is 0. The van der Waals surface area contributed by atoms with Gasteiger partial charge in [0, 0.05) is 19.3 Å². The van der Waals surface area contributed by atoms with E-state index in [0.717, 1.165) is 25.2 Å². The molecule has 0 radical (unpaired) electrons. The van der Waals surface area contributed by atoms with Gasteiger partial charge >= 0.3 is 5.97 Å². The topological polar surface area (TPSA) is 43.4 Å². The fourth-order valence-corrected chi connectivity index (χ4v) is 8.65. The van der Waals surface area contributed by atoms with Gasteiger partial charge in [0.25, 0.3) is 0 Å². The van der Waals surface area contributed by atoms with Crippen molar-refractivity contribution < 1.29 is 14.3 Å². The van der Waals surface area contributed by atoms with E-state index in [9.17, 15) is 9.59 Å². The SMILES string of the molecule is CC(=O)OC1CC[C@@]2(C)C(=C(C)C[C@H]3[C@@H]4CC(C)[C@H](C(C)=O)[C@@]4(C)CC[C@@H]32)C1. The smallest absolute Gasteiger partial charge is 0.302 e. The minimum absolute atomic E-state index is 0.0644. The van der Waals surface area contributed by atoms with E-state index >= 15 is 0 Å². The molecule has 0 saturated heterocycles. The Labute approximate surface area is 170 Å². The molecule has 4 aliphatic carbocycles. The van der Waals surface area contributed by atoms with Crippen LogP contribution in [0.1, 0.15) is 86.5 Å². The Bertz CT molecular complexity index is 721. The molecule has 0 amide bonds. The van der Waals surface area contributed by atoms with Crippen LogP contribution < -0.4 is 0 Å². The van der Waals surface area contributed by atoms with Gasteiger partial charge in [-0.25, -0.2) is 0 Å². The first-order valence-corrected chi connectivity index (χ1v) is 11.4. The summed E-state index contributed by atoms with van der Waals surface area (Å²) in [6.07, 6.45) is 7.96. The van der Waals surface area contributed by atoms with Gasteiger partial charge in [-0.1, -0.05) is 31.9 Å². The molecule has 156 valence electrons. The summed E-state index contributed by atoms with van der Waals surface area (Å²) < 4.78 is 5.60. The number of carbonyl (C=O) groups excluding carboxylic acids is 2. The van der Waals surface area contributed by atoms with Crippen LogP contribution in [0.4, 0.5) is 0 Å². The number of rotatable bonds is 2. The summed E-state index contributed by atoms with van der Waals surface area (Å²) in [5.41, 5.74) is 3.57. The lowest BCUT2D eigenvalue weighted by molar-refractivity contribution is -0.149. The van der Waals surface area contributed by atoms with Crippen molar-refractivity contribution >= 4 is 11.8 Å². The molecular formula is C25H38O3. The second-order valence-electron chi connectivity index (χ2n) is 11.1. The summed E-state index contributed by atoms with van der Waals surface area (Å²) >= 11 is 0. The number of ketones is 1. The average molecular weight is 387 g/mol. The lowest BCUT2D eigenvalue weighted by atomic mass is 9.46. The molecule has 0 aromatic heterocycles. The van der Waals surface area contributed by atoms with Gasteiger partial charge in [0.1, 0.15) is 11.9 Å². The Morgan fingerprint density at radius 3 is 2.39 bits per heavy atom. The second kappa shape index (κ2) is 6.71. The number of hydrogen-bond donors (Lipinski definition) is 0. The maximum Gasteiger partial charge on any atom is 0.302 e. The van der Waals surface area contributed by atoms with E-state index < -0.39 is 0 Å². The average Bonchev–Trinajstić information content (AvgIpc) is 2.86. The quantitative estimate of drug-likeness (QED) is 0.450. The number of fused-ring (bicyclic) bond motifs is 5. The number of hydrogen-bond acceptors (Lipinski definition) is 3. The highest BCUT2D eigenvalue weighted by molar-refractivity contribution is 5.80. The van der Waals surface area contributed by atoms with Gasteiger partial charge in [0.2, 0.25) is 0 Å². The van der Waals surface area contributed by atoms with Crippen LogP contribution in [-0.4, -0.2) is 17.9 Å². The van der Waals surface area contributed by atoms with Crippen molar-refractivity contribution in [2.24, 2.45) is 40.4 Å². The maximum absolute atomic E-state index is 12.5. The van der Waals surface area contributed by atoms with Crippen molar-refractivity contribution in [3.8, 4) is 0 Å². The predicted molar refractivity (Wildman–Crippen MR) is 111 cm³/mol. The zero-order chi connectivity index (χ0) is 20.4. The van der Waals surface area contributed by atoms with Gasteiger partial charge in [-0.15, -0.1) is 0 Å². The Balaban J connectivity index is 1.66. The standard InChI is InChI=1S/C25H38O3/c1-14-11-19-20(24(5)9-7-18(13-21(14)24)28-17(4)27)8-10-25(6)22(19)12-15(2)23(25)16(3)26/h15,18-20,22-23H,7-13H2,1-6H3/t15?,18?,19-,20+,22+,23-,24-,25+/m1/s1. The summed E-state index contributed by atoms with van der Waals surface area (Å²) in [6.45, 7) is 12.9. The van der Waals surface area contributed by atoms with Gasteiger partial charge in [-0.3, -0.25) is 9.59 Å². The van der Waals surface area contributed by atoms with Crippen molar-refractivity contribution in [1.29, 1.82) is 0 Å². The molecule has 0 aliphatic heterocycles. The molecule has 28 heavy (non-hydrogen) atoms. The maximum atomic E-state index is 12.5. The van der Waals surface area contributed by atoms with E-state index in [2.05, 4.69) is 27.7 Å². The van der Waals surface area contributed by atoms with Crippen molar-refractivity contribution in [2.45, 2.75) is 92.6 Å². The molecule has 0 aromatic carbocycles. The normalized spacial score (nSPS) is 47.8. The van der Waals surface area contributed by atoms with Crippen LogP contribution in [-0.2, 0) is 14.3 Å². The summed E-state index contributed by atoms with van der Waals surface area (Å²) in [6, 6.07) is 0. The Morgan fingerprint density at radius 1 is 1.04 bits per heavy atom. The lowest BCUT2D eigenvalue weighted by Crippen LogP contribution is -2.51. The molecule has 8 atom stereocenters. The molecule has 0 aromatic rings. The molecule has 0 bridgehead atoms. The van der Waals surface area contributed by atoms with E-state index in [1.54, 1.807) is 11.1 Å². The van der Waals surface area contributed by atoms with Crippen LogP contribution in [0.5, 0.6) is 0 Å². The van der Waals surface area contributed by atoms with Crippen molar-refractivity contribution in [2.75, 3.05) is 0 Å². The third kappa shape index (κ3) is 2.82. The molecule has 0 heterocycles. The van der Waals surface area contributed by atoms with Gasteiger partial charge < -0.3 is 4.74 Å². The molecule has 0 N–H and O–H groups in total. The molecule has 4 aliphatic rings. The Morgan fingerprint density at radius 2 is 1.75 bits per heavy atom. The number of Topliss-reactive ketones (excluding diaryl/α,β-unsaturated/α-hetero) is 1. The number of ether oxygens (including phenoxy) is 1. The van der Waals surface area contributed by atoms with Gasteiger partial charge in [0.15, 0.2) is 0 Å². The van der Waals surface area contributed by atoms with Crippen LogP contribution in [0.25, 0.3) is 0 Å². The van der Waals surface area contributed by atoms with E-state index in [4.69, 9.17) is 4.74 Å². The van der Waals surface area contributed by atoms with E-state index in [1.807, 2.05) is 6.92 Å². The fraction of sp³-hybridized carbons (Fsp3) is 0.840. The summed E-state index contributed by atoms with van der Waals surface area (Å²) in [7, 11) is 0. The first-order valence-electron chi connectivity index (χ1n) is 11.4. The molecule has 0 spiro atoms. The third-order valence-corrected chi connectivity index (χ3v) is 9.53. The highest BCUT2D eigenvalue weighted by Gasteiger charge is 2.61. The van der Waals surface area contributed by atoms with Crippen molar-refractivity contribution in [3.05, 3.63) is 11.1 Å². The van der Waals surface area contributed by atoms with E-state index in [0.29, 0.717) is 23.5 Å². The van der Waals surface area contributed by atoms with Crippen LogP contribution in [0.2, 0.25) is 0 Å². The van der Waals surface area contributed by atoms with Crippen LogP contribution in [0, 0.1) is 40.4 Å². The number of allylic oxidation sites excluding steroid dienone is 1. The molecule has 3 heteroatoms. The van der Waals surface area contributed by atoms with Gasteiger partial charge in [0.05, 0.1) is 0 Å². The highest BCUT2D eigenvalue weighted by Crippen LogP contribution is 2.68. The first kappa shape index (κ1) is 20.2. The third-order valence-electron chi connectivity index (χ3n) is 9.53. The van der Waals surface area contributed by atoms with Crippen LogP contribution in [0.3, 0.4) is 0 Å². The van der Waals surface area contributed by atoms with E-state index in [1.165, 1.54) is 32.6 Å². The van der Waals surface area contributed by atoms with Crippen LogP contribution in [0.15, 0.2) is 11.1 Å². The predicted octanol–water partition coefficient (Wildman–Crippen LogP) is 5.72. The molecule has 2 unspecified atom stereocenters. The Hall–Kier alpha value is -1.12. The zero-order valence-electron chi connectivity index (χ0n) is 18.6. The Kier molecular flexibility index (Phi) is 4.83. The largest absolute Gasteiger partial charge is 0.462 e. The highest BCUT2D eigenvalue weighted by atomic mass is 16.5.